The number of hydrogen-bond donors (Lipinski definition) is 0. The van der Waals surface area contributed by atoms with Gasteiger partial charge in [-0.15, -0.1) is 24.8 Å². The summed E-state index contributed by atoms with van der Waals surface area (Å²) >= 11 is 2.12. The molecule has 0 N–H and O–H groups in total. The summed E-state index contributed by atoms with van der Waals surface area (Å²) in [6, 6.07) is 27.3. The predicted octanol–water partition coefficient (Wildman–Crippen LogP) is 7.78. The van der Waals surface area contributed by atoms with Gasteiger partial charge in [0.15, 0.2) is 0 Å². The van der Waals surface area contributed by atoms with Gasteiger partial charge in [-0.25, -0.2) is 0 Å². The van der Waals surface area contributed by atoms with Crippen LogP contribution in [0.1, 0.15) is 39.7 Å². The first-order valence-corrected chi connectivity index (χ1v) is 15.6. The zero-order valence-electron chi connectivity index (χ0n) is 20.2. The van der Waals surface area contributed by atoms with Gasteiger partial charge in [-0.3, -0.25) is 0 Å². The van der Waals surface area contributed by atoms with Gasteiger partial charge in [-0.2, -0.15) is 0 Å². The van der Waals surface area contributed by atoms with Crippen molar-refractivity contribution in [3.8, 4) is 5.75 Å². The Morgan fingerprint density at radius 3 is 1.82 bits per heavy atom. The van der Waals surface area contributed by atoms with Gasteiger partial charge in [0.2, 0.25) is 0 Å². The zero-order valence-corrected chi connectivity index (χ0v) is 24.1. The minimum absolute atomic E-state index is 0. The number of benzene rings is 3. The van der Waals surface area contributed by atoms with E-state index in [1.165, 1.54) is 17.2 Å². The van der Waals surface area contributed by atoms with Gasteiger partial charge in [0.1, 0.15) is 0 Å². The predicted molar refractivity (Wildman–Crippen MR) is 151 cm³/mol. The van der Waals surface area contributed by atoms with E-state index >= 15 is 0 Å². The summed E-state index contributed by atoms with van der Waals surface area (Å²) in [5.41, 5.74) is 2.36. The molecule has 0 atom stereocenters. The van der Waals surface area contributed by atoms with Crippen molar-refractivity contribution < 1.29 is 18.5 Å². The van der Waals surface area contributed by atoms with Gasteiger partial charge in [-0.1, -0.05) is 0 Å². The van der Waals surface area contributed by atoms with E-state index in [0.717, 1.165) is 17.7 Å². The summed E-state index contributed by atoms with van der Waals surface area (Å²) in [5.74, 6) is 0.786. The molecule has 5 heteroatoms. The van der Waals surface area contributed by atoms with Crippen LogP contribution in [0.4, 0.5) is 0 Å². The molecule has 1 aliphatic rings. The molecular weight excluding hydrogens is 519 g/mol. The Kier molecular flexibility index (Phi) is 8.90. The third-order valence-corrected chi connectivity index (χ3v) is 15.7. The minimum atomic E-state index is -4.49. The molecule has 0 unspecified atom stereocenters. The van der Waals surface area contributed by atoms with Crippen LogP contribution in [0.3, 0.4) is 0 Å². The summed E-state index contributed by atoms with van der Waals surface area (Å²) < 4.78 is 11.0. The SMILES string of the molecule is Cl.Cl.[CH2]=[Ti]([O]c1cc(Cl)cc(C(C)(C)C)c1)([C]1=C(C)C=CC1)([c]1ccccc1)[c]1ccccc1. The van der Waals surface area contributed by atoms with E-state index < -0.39 is 15.2 Å². The summed E-state index contributed by atoms with van der Waals surface area (Å²) in [4.78, 5) is 5.12. The molecule has 1 aliphatic carbocycles. The molecular formula is C29H33Cl3OTi. The van der Waals surface area contributed by atoms with Crippen molar-refractivity contribution in [3.63, 3.8) is 0 Å². The standard InChI is InChI=1S/C10H13ClO.C6H7.2C6H5.CH2.2ClH.Ti/c1-10(2,3)7-4-8(11)6-9(12)5-7;1-6-4-2-3-5-6;2*1-2-4-6-5-3-1;;;;/h4-6,12H,1-3H3;2,4H,3H2,1H3;2*1-5H;1H2;2*1H;/q;;;;;;;+1/p-1. The van der Waals surface area contributed by atoms with E-state index in [-0.39, 0.29) is 30.2 Å². The van der Waals surface area contributed by atoms with E-state index in [1.807, 2.05) is 12.1 Å². The fourth-order valence-electron chi connectivity index (χ4n) is 4.84. The van der Waals surface area contributed by atoms with Crippen LogP contribution in [-0.2, 0) is 20.6 Å². The third-order valence-electron chi connectivity index (χ3n) is 6.65. The Morgan fingerprint density at radius 2 is 1.38 bits per heavy atom. The van der Waals surface area contributed by atoms with Crippen molar-refractivity contribution in [2.75, 3.05) is 0 Å². The second kappa shape index (κ2) is 10.6. The molecule has 1 nitrogen and oxygen atoms in total. The van der Waals surface area contributed by atoms with E-state index in [9.17, 15) is 0 Å². The first kappa shape index (κ1) is 28.6. The third kappa shape index (κ3) is 5.01. The summed E-state index contributed by atoms with van der Waals surface area (Å²) in [5, 5.41) is 0.685. The van der Waals surface area contributed by atoms with Gasteiger partial charge < -0.3 is 0 Å². The van der Waals surface area contributed by atoms with Gasteiger partial charge in [-0.05, 0) is 0 Å². The number of halogens is 3. The van der Waals surface area contributed by atoms with Crippen molar-refractivity contribution in [1.82, 2.24) is 0 Å². The van der Waals surface area contributed by atoms with Gasteiger partial charge in [0, 0.05) is 0 Å². The number of rotatable bonds is 5. The molecule has 4 rings (SSSR count). The fourth-order valence-corrected chi connectivity index (χ4v) is 13.3. The van der Waals surface area contributed by atoms with Gasteiger partial charge in [0.25, 0.3) is 0 Å². The second-order valence-electron chi connectivity index (χ2n) is 9.88. The van der Waals surface area contributed by atoms with Crippen LogP contribution in [0.25, 0.3) is 0 Å². The van der Waals surface area contributed by atoms with Gasteiger partial charge >= 0.3 is 199 Å². The van der Waals surface area contributed by atoms with Crippen molar-refractivity contribution in [1.29, 1.82) is 0 Å². The van der Waals surface area contributed by atoms with Crippen LogP contribution in [0, 0.1) is 0 Å². The Labute approximate surface area is 222 Å². The molecule has 0 radical (unpaired) electrons. The van der Waals surface area contributed by atoms with Crippen LogP contribution in [0.15, 0.2) is 100 Å². The Balaban J connectivity index is 0.00000204. The molecule has 0 saturated carbocycles. The molecule has 0 heterocycles. The van der Waals surface area contributed by atoms with E-state index in [2.05, 4.69) is 107 Å². The quantitative estimate of drug-likeness (QED) is 0.294. The molecule has 0 spiro atoms. The van der Waals surface area contributed by atoms with E-state index in [1.54, 1.807) is 0 Å². The average molecular weight is 552 g/mol. The average Bonchev–Trinajstić information content (AvgIpc) is 3.21. The Hall–Kier alpha value is -1.61. The normalized spacial score (nSPS) is 13.8. The first-order chi connectivity index (χ1) is 15.1. The number of hydrogen-bond acceptors (Lipinski definition) is 1. The fraction of sp³-hybridized carbons (Fsp3) is 0.207. The molecule has 0 amide bonds. The molecule has 0 saturated heterocycles. The second-order valence-corrected chi connectivity index (χ2v) is 17.6. The summed E-state index contributed by atoms with van der Waals surface area (Å²) in [6.07, 6.45) is 5.28. The zero-order chi connectivity index (χ0) is 23.0. The van der Waals surface area contributed by atoms with Crippen molar-refractivity contribution in [3.05, 3.63) is 111 Å². The maximum atomic E-state index is 7.33. The Morgan fingerprint density at radius 1 is 0.853 bits per heavy atom. The molecule has 3 aromatic rings. The van der Waals surface area contributed by atoms with Crippen LogP contribution < -0.4 is 11.1 Å². The summed E-state index contributed by atoms with van der Waals surface area (Å²) in [7, 11) is 0. The van der Waals surface area contributed by atoms with Crippen LogP contribution in [0.2, 0.25) is 5.02 Å². The van der Waals surface area contributed by atoms with Gasteiger partial charge in [0.05, 0.1) is 0 Å². The van der Waals surface area contributed by atoms with Crippen molar-refractivity contribution in [2.45, 2.75) is 39.5 Å². The molecule has 180 valence electrons. The maximum absolute atomic E-state index is 7.33. The molecule has 0 bridgehead atoms. The Bertz CT molecular complexity index is 1230. The number of allylic oxidation sites excluding steroid dienone is 4. The molecule has 34 heavy (non-hydrogen) atoms. The first-order valence-electron chi connectivity index (χ1n) is 11.1. The topological polar surface area (TPSA) is 9.23 Å². The summed E-state index contributed by atoms with van der Waals surface area (Å²) in [6.45, 7) is 8.76. The molecule has 0 aliphatic heterocycles. The van der Waals surface area contributed by atoms with Crippen molar-refractivity contribution in [2.24, 2.45) is 0 Å². The molecule has 0 fully saturated rings. The molecule has 3 aromatic carbocycles. The van der Waals surface area contributed by atoms with E-state index in [0.29, 0.717) is 5.02 Å². The monoisotopic (exact) mass is 550 g/mol. The van der Waals surface area contributed by atoms with Crippen molar-refractivity contribution >= 4 is 49.0 Å². The van der Waals surface area contributed by atoms with Crippen LogP contribution in [-0.4, -0.2) is 4.82 Å². The van der Waals surface area contributed by atoms with Crippen LogP contribution in [0.5, 0.6) is 5.75 Å². The van der Waals surface area contributed by atoms with Crippen LogP contribution >= 0.6 is 36.4 Å². The molecule has 0 aromatic heterocycles. The van der Waals surface area contributed by atoms with E-state index in [4.69, 9.17) is 19.7 Å².